The van der Waals surface area contributed by atoms with E-state index in [0.29, 0.717) is 40.4 Å². The Bertz CT molecular complexity index is 1150. The van der Waals surface area contributed by atoms with E-state index in [0.717, 1.165) is 16.8 Å². The molecule has 0 bridgehead atoms. The maximum absolute atomic E-state index is 12.5. The molecule has 0 saturated heterocycles. The Morgan fingerprint density at radius 1 is 1.32 bits per heavy atom. The molecule has 2 heterocycles. The van der Waals surface area contributed by atoms with Gasteiger partial charge in [0.05, 0.1) is 34.5 Å². The summed E-state index contributed by atoms with van der Waals surface area (Å²) < 4.78 is 12.9. The number of hydrogen-bond acceptors (Lipinski definition) is 5. The molecule has 0 spiro atoms. The average Bonchev–Trinajstić information content (AvgIpc) is 2.97. The Kier molecular flexibility index (Phi) is 6.25. The summed E-state index contributed by atoms with van der Waals surface area (Å²) in [6.07, 6.45) is 1.69. The number of ether oxygens (including phenoxy) is 2. The Morgan fingerprint density at radius 2 is 2.13 bits per heavy atom. The number of rotatable bonds is 6. The maximum atomic E-state index is 12.5. The number of para-hydroxylation sites is 1. The molecular weight excluding hydrogens is 434 g/mol. The molecule has 0 aliphatic carbocycles. The van der Waals surface area contributed by atoms with Gasteiger partial charge in [0.15, 0.2) is 11.5 Å². The molecule has 0 saturated carbocycles. The van der Waals surface area contributed by atoms with Gasteiger partial charge < -0.3 is 14.8 Å². The lowest BCUT2D eigenvalue weighted by atomic mass is 10.0. The second-order valence-corrected chi connectivity index (χ2v) is 8.46. The van der Waals surface area contributed by atoms with Gasteiger partial charge in [0.1, 0.15) is 12.4 Å². The highest BCUT2D eigenvalue weighted by molar-refractivity contribution is 8.00. The fraction of sp³-hybridized carbons (Fsp3) is 0.217. The van der Waals surface area contributed by atoms with Crippen molar-refractivity contribution in [2.24, 2.45) is 0 Å². The molecule has 2 aromatic carbocycles. The van der Waals surface area contributed by atoms with Crippen LogP contribution in [0.2, 0.25) is 5.02 Å². The van der Waals surface area contributed by atoms with Crippen LogP contribution in [0.4, 0.5) is 5.82 Å². The minimum absolute atomic E-state index is 0.0835. The first-order valence-electron chi connectivity index (χ1n) is 9.71. The molecular formula is C23H22ClN3O3S. The fourth-order valence-electron chi connectivity index (χ4n) is 3.56. The third kappa shape index (κ3) is 4.16. The third-order valence-electron chi connectivity index (χ3n) is 4.94. The standard InChI is InChI=1S/C23H22ClN3O3S/c1-4-11-30-18-10-9-15(12-19(18)29-3)22-21-14(2)26-27(17-8-6-5-7-16(17)24)23(21)25-20(28)13-31-22/h4-10,12,22H,1,11,13H2,2-3H3,(H,25,28)/t22-/m0/s1. The summed E-state index contributed by atoms with van der Waals surface area (Å²) in [5.41, 5.74) is 3.47. The van der Waals surface area contributed by atoms with Crippen molar-refractivity contribution in [3.8, 4) is 17.2 Å². The molecule has 1 aliphatic heterocycles. The number of amides is 1. The van der Waals surface area contributed by atoms with Gasteiger partial charge in [0.2, 0.25) is 5.91 Å². The van der Waals surface area contributed by atoms with Gasteiger partial charge in [-0.1, -0.05) is 42.5 Å². The molecule has 4 rings (SSSR count). The first-order chi connectivity index (χ1) is 15.0. The summed E-state index contributed by atoms with van der Waals surface area (Å²) in [5, 5.41) is 8.17. The van der Waals surface area contributed by atoms with Crippen LogP contribution in [0.5, 0.6) is 11.5 Å². The van der Waals surface area contributed by atoms with E-state index >= 15 is 0 Å². The molecule has 1 atom stereocenters. The lowest BCUT2D eigenvalue weighted by molar-refractivity contribution is -0.113. The first-order valence-corrected chi connectivity index (χ1v) is 11.1. The zero-order valence-corrected chi connectivity index (χ0v) is 18.8. The zero-order valence-electron chi connectivity index (χ0n) is 17.2. The van der Waals surface area contributed by atoms with E-state index in [4.69, 9.17) is 26.2 Å². The number of carbonyl (C=O) groups is 1. The number of methoxy groups -OCH3 is 1. The van der Waals surface area contributed by atoms with Crippen molar-refractivity contribution in [2.75, 3.05) is 24.8 Å². The average molecular weight is 456 g/mol. The highest BCUT2D eigenvalue weighted by Crippen LogP contribution is 2.46. The predicted octanol–water partition coefficient (Wildman–Crippen LogP) is 5.18. The zero-order chi connectivity index (χ0) is 22.0. The van der Waals surface area contributed by atoms with Crippen LogP contribution in [-0.2, 0) is 4.79 Å². The molecule has 1 N–H and O–H groups in total. The third-order valence-corrected chi connectivity index (χ3v) is 6.53. The fourth-order valence-corrected chi connectivity index (χ4v) is 4.95. The van der Waals surface area contributed by atoms with Gasteiger partial charge in [-0.15, -0.1) is 11.8 Å². The molecule has 0 radical (unpaired) electrons. The van der Waals surface area contributed by atoms with Crippen molar-refractivity contribution >= 4 is 35.1 Å². The van der Waals surface area contributed by atoms with E-state index in [1.165, 1.54) is 0 Å². The van der Waals surface area contributed by atoms with E-state index in [2.05, 4.69) is 11.9 Å². The van der Waals surface area contributed by atoms with Gasteiger partial charge in [-0.05, 0) is 36.8 Å². The quantitative estimate of drug-likeness (QED) is 0.518. The normalized spacial score (nSPS) is 15.6. The van der Waals surface area contributed by atoms with Crippen molar-refractivity contribution < 1.29 is 14.3 Å². The van der Waals surface area contributed by atoms with Crippen LogP contribution in [0.25, 0.3) is 5.69 Å². The molecule has 160 valence electrons. The molecule has 6 nitrogen and oxygen atoms in total. The van der Waals surface area contributed by atoms with Crippen molar-refractivity contribution in [2.45, 2.75) is 12.2 Å². The minimum Gasteiger partial charge on any atom is -0.493 e. The first kappa shape index (κ1) is 21.3. The van der Waals surface area contributed by atoms with Gasteiger partial charge in [-0.2, -0.15) is 5.10 Å². The molecule has 1 aliphatic rings. The molecule has 8 heteroatoms. The number of nitrogens with zero attached hydrogens (tertiary/aromatic N) is 2. The van der Waals surface area contributed by atoms with Crippen molar-refractivity contribution in [1.82, 2.24) is 9.78 Å². The number of carbonyl (C=O) groups excluding carboxylic acids is 1. The molecule has 0 unspecified atom stereocenters. The van der Waals surface area contributed by atoms with Crippen LogP contribution in [0, 0.1) is 6.92 Å². The topological polar surface area (TPSA) is 65.4 Å². The van der Waals surface area contributed by atoms with E-state index in [9.17, 15) is 4.79 Å². The second kappa shape index (κ2) is 9.08. The summed E-state index contributed by atoms with van der Waals surface area (Å²) in [4.78, 5) is 12.5. The van der Waals surface area contributed by atoms with E-state index in [-0.39, 0.29) is 11.2 Å². The van der Waals surface area contributed by atoms with Gasteiger partial charge >= 0.3 is 0 Å². The number of anilines is 1. The van der Waals surface area contributed by atoms with Crippen LogP contribution in [-0.4, -0.2) is 35.2 Å². The van der Waals surface area contributed by atoms with E-state index in [1.54, 1.807) is 35.7 Å². The lowest BCUT2D eigenvalue weighted by Crippen LogP contribution is -2.16. The number of thioether (sulfide) groups is 1. The van der Waals surface area contributed by atoms with Gasteiger partial charge in [-0.25, -0.2) is 4.68 Å². The van der Waals surface area contributed by atoms with Crippen molar-refractivity contribution in [3.05, 3.63) is 77.0 Å². The minimum atomic E-state index is -0.118. The largest absolute Gasteiger partial charge is 0.493 e. The summed E-state index contributed by atoms with van der Waals surface area (Å²) in [6, 6.07) is 13.3. The summed E-state index contributed by atoms with van der Waals surface area (Å²) >= 11 is 7.97. The Balaban J connectivity index is 1.83. The number of aryl methyl sites for hydroxylation is 1. The predicted molar refractivity (Wildman–Crippen MR) is 125 cm³/mol. The molecule has 1 aromatic heterocycles. The summed E-state index contributed by atoms with van der Waals surface area (Å²) in [5.74, 6) is 2.14. The van der Waals surface area contributed by atoms with Crippen molar-refractivity contribution in [1.29, 1.82) is 0 Å². The monoisotopic (exact) mass is 455 g/mol. The highest BCUT2D eigenvalue weighted by atomic mass is 35.5. The number of aromatic nitrogens is 2. The highest BCUT2D eigenvalue weighted by Gasteiger charge is 2.31. The number of nitrogens with one attached hydrogen (secondary N) is 1. The Labute approximate surface area is 190 Å². The summed E-state index contributed by atoms with van der Waals surface area (Å²) in [7, 11) is 1.61. The van der Waals surface area contributed by atoms with E-state index < -0.39 is 0 Å². The maximum Gasteiger partial charge on any atom is 0.235 e. The molecule has 1 amide bonds. The second-order valence-electron chi connectivity index (χ2n) is 6.96. The van der Waals surface area contributed by atoms with Gasteiger partial charge in [0.25, 0.3) is 0 Å². The molecule has 3 aromatic rings. The van der Waals surface area contributed by atoms with E-state index in [1.807, 2.05) is 43.3 Å². The number of benzene rings is 2. The van der Waals surface area contributed by atoms with Crippen LogP contribution in [0.15, 0.2) is 55.1 Å². The Hall–Kier alpha value is -2.90. The van der Waals surface area contributed by atoms with Crippen LogP contribution >= 0.6 is 23.4 Å². The van der Waals surface area contributed by atoms with Gasteiger partial charge in [0, 0.05) is 5.56 Å². The Morgan fingerprint density at radius 3 is 2.87 bits per heavy atom. The summed E-state index contributed by atoms with van der Waals surface area (Å²) in [6.45, 7) is 6.01. The van der Waals surface area contributed by atoms with Crippen LogP contribution in [0.1, 0.15) is 22.1 Å². The number of halogens is 1. The molecule has 0 fully saturated rings. The van der Waals surface area contributed by atoms with Crippen LogP contribution in [0.3, 0.4) is 0 Å². The SMILES string of the molecule is C=CCOc1ccc([C@@H]2SCC(=O)Nc3c2c(C)nn3-c2ccccc2Cl)cc1OC. The lowest BCUT2D eigenvalue weighted by Gasteiger charge is -2.18. The molecule has 31 heavy (non-hydrogen) atoms. The van der Waals surface area contributed by atoms with Gasteiger partial charge in [-0.3, -0.25) is 4.79 Å². The van der Waals surface area contributed by atoms with Crippen LogP contribution < -0.4 is 14.8 Å². The van der Waals surface area contributed by atoms with Crippen molar-refractivity contribution in [3.63, 3.8) is 0 Å². The number of hydrogen-bond donors (Lipinski definition) is 1. The number of fused-ring (bicyclic) bond motifs is 1. The smallest absolute Gasteiger partial charge is 0.235 e.